The average Bonchev–Trinajstić information content (AvgIpc) is 3.44. The summed E-state index contributed by atoms with van der Waals surface area (Å²) in [5.74, 6) is -2.97. The third-order valence-corrected chi connectivity index (χ3v) is 9.81. The number of imide groups is 1. The summed E-state index contributed by atoms with van der Waals surface area (Å²) in [6, 6.07) is 24.4. The number of thiazole rings is 1. The lowest BCUT2D eigenvalue weighted by Crippen LogP contribution is -2.33. The second-order valence-corrected chi connectivity index (χ2v) is 11.9. The SMILES string of the molecule is CCOC(=O)c1ccc(N2C(=O)[C@H]3[C@H](c4ccccc4)c4sc(=O)n(CC(=O)Nc5ccccc5)c4S[C@H]3C2=O)cc1. The van der Waals surface area contributed by atoms with Crippen LogP contribution in [0.15, 0.2) is 94.7 Å². The van der Waals surface area contributed by atoms with Crippen molar-refractivity contribution < 1.29 is 23.9 Å². The molecule has 0 spiro atoms. The lowest BCUT2D eigenvalue weighted by atomic mass is 9.83. The normalized spacial score (nSPS) is 19.3. The number of anilines is 2. The van der Waals surface area contributed by atoms with Crippen LogP contribution in [0.25, 0.3) is 0 Å². The highest BCUT2D eigenvalue weighted by atomic mass is 32.2. The number of esters is 1. The molecule has 1 aromatic heterocycles. The van der Waals surface area contributed by atoms with Crippen molar-refractivity contribution in [1.29, 1.82) is 0 Å². The van der Waals surface area contributed by atoms with E-state index in [0.717, 1.165) is 33.6 Å². The van der Waals surface area contributed by atoms with E-state index in [1.165, 1.54) is 16.7 Å². The minimum absolute atomic E-state index is 0.230. The van der Waals surface area contributed by atoms with Gasteiger partial charge in [0.2, 0.25) is 17.7 Å². The highest BCUT2D eigenvalue weighted by Crippen LogP contribution is 2.53. The van der Waals surface area contributed by atoms with Gasteiger partial charge in [-0.25, -0.2) is 9.69 Å². The molecule has 11 heteroatoms. The number of hydrogen-bond donors (Lipinski definition) is 1. The van der Waals surface area contributed by atoms with E-state index in [9.17, 15) is 24.0 Å². The molecule has 2 aliphatic heterocycles. The number of thioether (sulfide) groups is 1. The van der Waals surface area contributed by atoms with Gasteiger partial charge in [-0.05, 0) is 48.9 Å². The van der Waals surface area contributed by atoms with Gasteiger partial charge in [0.1, 0.15) is 11.8 Å². The molecule has 1 saturated heterocycles. The van der Waals surface area contributed by atoms with Gasteiger partial charge < -0.3 is 10.1 Å². The van der Waals surface area contributed by atoms with Crippen LogP contribution in [0.3, 0.4) is 0 Å². The van der Waals surface area contributed by atoms with E-state index >= 15 is 0 Å². The van der Waals surface area contributed by atoms with Gasteiger partial charge in [0, 0.05) is 16.5 Å². The standard InChI is InChI=1S/C31H25N3O6S2/c1-2-40-30(38)19-13-15-21(16-14-19)34-27(36)24-23(18-9-5-3-6-10-18)26-29(41-25(24)28(34)37)33(31(39)42-26)17-22(35)32-20-11-7-4-8-12-20/h3-16,23-25H,2,17H2,1H3,(H,32,35)/t23-,24-,25+/m0/s1. The van der Waals surface area contributed by atoms with Crippen molar-refractivity contribution in [3.8, 4) is 0 Å². The molecular weight excluding hydrogens is 574 g/mol. The van der Waals surface area contributed by atoms with Gasteiger partial charge in [0.25, 0.3) is 0 Å². The highest BCUT2D eigenvalue weighted by molar-refractivity contribution is 8.00. The number of para-hydroxylation sites is 1. The predicted octanol–water partition coefficient (Wildman–Crippen LogP) is 4.52. The van der Waals surface area contributed by atoms with Crippen LogP contribution in [0.5, 0.6) is 0 Å². The minimum Gasteiger partial charge on any atom is -0.462 e. The first-order chi connectivity index (χ1) is 20.4. The Morgan fingerprint density at radius 3 is 2.21 bits per heavy atom. The zero-order chi connectivity index (χ0) is 29.4. The second kappa shape index (κ2) is 11.4. The van der Waals surface area contributed by atoms with Crippen LogP contribution < -0.4 is 15.1 Å². The van der Waals surface area contributed by atoms with Crippen molar-refractivity contribution in [2.75, 3.05) is 16.8 Å². The number of benzene rings is 3. The molecule has 0 saturated carbocycles. The zero-order valence-corrected chi connectivity index (χ0v) is 24.0. The van der Waals surface area contributed by atoms with Crippen LogP contribution in [0.4, 0.5) is 11.4 Å². The van der Waals surface area contributed by atoms with E-state index in [-0.39, 0.29) is 29.8 Å². The molecule has 1 N–H and O–H groups in total. The van der Waals surface area contributed by atoms with E-state index in [0.29, 0.717) is 26.8 Å². The van der Waals surface area contributed by atoms with E-state index in [1.54, 1.807) is 43.3 Å². The highest BCUT2D eigenvalue weighted by Gasteiger charge is 2.56. The maximum absolute atomic E-state index is 14.0. The number of amides is 3. The first-order valence-corrected chi connectivity index (χ1v) is 15.0. The van der Waals surface area contributed by atoms with Crippen molar-refractivity contribution in [2.45, 2.75) is 29.7 Å². The van der Waals surface area contributed by atoms with E-state index < -0.39 is 29.0 Å². The van der Waals surface area contributed by atoms with Crippen LogP contribution in [0.2, 0.25) is 0 Å². The van der Waals surface area contributed by atoms with E-state index in [1.807, 2.05) is 36.4 Å². The van der Waals surface area contributed by atoms with Gasteiger partial charge in [-0.1, -0.05) is 71.6 Å². The predicted molar refractivity (Wildman–Crippen MR) is 160 cm³/mol. The fourth-order valence-corrected chi connectivity index (χ4v) is 8.13. The lowest BCUT2D eigenvalue weighted by Gasteiger charge is -2.30. The fourth-order valence-electron chi connectivity index (χ4n) is 5.36. The smallest absolute Gasteiger partial charge is 0.338 e. The molecule has 6 rings (SSSR count). The number of ether oxygens (including phenoxy) is 1. The molecule has 2 aliphatic rings. The van der Waals surface area contributed by atoms with Crippen LogP contribution >= 0.6 is 23.1 Å². The molecule has 0 radical (unpaired) electrons. The first kappa shape index (κ1) is 27.7. The summed E-state index contributed by atoms with van der Waals surface area (Å²) in [6.45, 7) is 1.71. The van der Waals surface area contributed by atoms with Gasteiger partial charge in [-0.3, -0.25) is 23.7 Å². The van der Waals surface area contributed by atoms with Crippen molar-refractivity contribution in [3.63, 3.8) is 0 Å². The number of nitrogens with one attached hydrogen (secondary N) is 1. The van der Waals surface area contributed by atoms with Crippen molar-refractivity contribution >= 4 is 58.2 Å². The van der Waals surface area contributed by atoms with Crippen molar-refractivity contribution in [3.05, 3.63) is 111 Å². The van der Waals surface area contributed by atoms with Crippen molar-refractivity contribution in [2.24, 2.45) is 5.92 Å². The van der Waals surface area contributed by atoms with Gasteiger partial charge in [-0.2, -0.15) is 0 Å². The molecular formula is C31H25N3O6S2. The third kappa shape index (κ3) is 4.94. The van der Waals surface area contributed by atoms with Gasteiger partial charge >= 0.3 is 10.8 Å². The summed E-state index contributed by atoms with van der Waals surface area (Å²) in [5, 5.41) is 2.51. The van der Waals surface area contributed by atoms with Gasteiger partial charge in [0.05, 0.1) is 28.8 Å². The number of carbonyl (C=O) groups excluding carboxylic acids is 4. The molecule has 4 aromatic rings. The molecule has 3 atom stereocenters. The summed E-state index contributed by atoms with van der Waals surface area (Å²) in [6.07, 6.45) is 0. The summed E-state index contributed by atoms with van der Waals surface area (Å²) >= 11 is 2.15. The Morgan fingerprint density at radius 2 is 1.55 bits per heavy atom. The minimum atomic E-state index is -0.808. The second-order valence-electron chi connectivity index (χ2n) is 9.77. The van der Waals surface area contributed by atoms with E-state index in [4.69, 9.17) is 4.74 Å². The maximum Gasteiger partial charge on any atom is 0.338 e. The molecule has 212 valence electrons. The average molecular weight is 600 g/mol. The van der Waals surface area contributed by atoms with Crippen LogP contribution in [0.1, 0.15) is 33.6 Å². The topological polar surface area (TPSA) is 115 Å². The fraction of sp³-hybridized carbons (Fsp3) is 0.194. The first-order valence-electron chi connectivity index (χ1n) is 13.3. The number of nitrogens with zero attached hydrogens (tertiary/aromatic N) is 2. The Morgan fingerprint density at radius 1 is 0.881 bits per heavy atom. The third-order valence-electron chi connectivity index (χ3n) is 7.20. The molecule has 0 unspecified atom stereocenters. The number of carbonyl (C=O) groups is 4. The molecule has 42 heavy (non-hydrogen) atoms. The van der Waals surface area contributed by atoms with Gasteiger partial charge in [0.15, 0.2) is 0 Å². The van der Waals surface area contributed by atoms with Crippen LogP contribution in [-0.2, 0) is 25.7 Å². The number of rotatable bonds is 7. The summed E-state index contributed by atoms with van der Waals surface area (Å²) < 4.78 is 6.43. The zero-order valence-electron chi connectivity index (χ0n) is 22.4. The summed E-state index contributed by atoms with van der Waals surface area (Å²) in [5.41, 5.74) is 2.07. The van der Waals surface area contributed by atoms with Gasteiger partial charge in [-0.15, -0.1) is 0 Å². The van der Waals surface area contributed by atoms with Crippen molar-refractivity contribution in [1.82, 2.24) is 4.57 Å². The molecule has 9 nitrogen and oxygen atoms in total. The summed E-state index contributed by atoms with van der Waals surface area (Å²) in [4.78, 5) is 67.6. The monoisotopic (exact) mass is 599 g/mol. The largest absolute Gasteiger partial charge is 0.462 e. The Labute approximate surface area is 249 Å². The summed E-state index contributed by atoms with van der Waals surface area (Å²) in [7, 11) is 0. The molecule has 3 amide bonds. The Kier molecular flexibility index (Phi) is 7.53. The molecule has 1 fully saturated rings. The maximum atomic E-state index is 14.0. The Hall–Kier alpha value is -4.48. The quantitative estimate of drug-likeness (QED) is 0.245. The number of hydrogen-bond acceptors (Lipinski definition) is 8. The van der Waals surface area contributed by atoms with Crippen LogP contribution in [-0.4, -0.2) is 40.1 Å². The molecule has 0 bridgehead atoms. The number of aromatic nitrogens is 1. The van der Waals surface area contributed by atoms with E-state index in [2.05, 4.69) is 5.32 Å². The number of fused-ring (bicyclic) bond motifs is 2. The molecule has 3 heterocycles. The molecule has 3 aromatic carbocycles. The van der Waals surface area contributed by atoms with Crippen LogP contribution in [0, 0.1) is 5.92 Å². The lowest BCUT2D eigenvalue weighted by molar-refractivity contribution is -0.122. The Balaban J connectivity index is 1.36. The Bertz CT molecular complexity index is 1730. The molecule has 0 aliphatic carbocycles.